The molecular formula is C24H21FN2O8. The van der Waals surface area contributed by atoms with Crippen LogP contribution in [0.5, 0.6) is 0 Å². The Balaban J connectivity index is 1.62. The molecule has 0 saturated carbocycles. The van der Waals surface area contributed by atoms with Gasteiger partial charge in [-0.25, -0.2) is 14.4 Å². The van der Waals surface area contributed by atoms with Crippen molar-refractivity contribution < 1.29 is 33.3 Å². The molecule has 4 atom stereocenters. The number of esters is 2. The molecule has 182 valence electrons. The van der Waals surface area contributed by atoms with Gasteiger partial charge in [0.15, 0.2) is 18.4 Å². The molecule has 0 aliphatic carbocycles. The van der Waals surface area contributed by atoms with Crippen LogP contribution in [0.25, 0.3) is 0 Å². The van der Waals surface area contributed by atoms with Gasteiger partial charge in [0, 0.05) is 11.8 Å². The van der Waals surface area contributed by atoms with Crippen molar-refractivity contribution in [3.63, 3.8) is 0 Å². The number of nitrogens with zero attached hydrogens (tertiary/aromatic N) is 1. The number of benzene rings is 2. The van der Waals surface area contributed by atoms with Crippen LogP contribution in [-0.2, 0) is 19.2 Å². The summed E-state index contributed by atoms with van der Waals surface area (Å²) in [7, 11) is 0. The quantitative estimate of drug-likeness (QED) is 0.506. The fraction of sp³-hybridized carbons (Fsp3) is 0.250. The number of aromatic nitrogens is 2. The number of aromatic amines is 1. The molecule has 1 saturated heterocycles. The summed E-state index contributed by atoms with van der Waals surface area (Å²) in [4.78, 5) is 55.4. The van der Waals surface area contributed by atoms with E-state index in [-0.39, 0.29) is 16.7 Å². The SMILES string of the molecule is Cc1cn([C@H]2O[C@@H](COC(=O)c3ccccc3)[C@H](OC(=O)c3ccccc3)[C@H]2OF)c(=O)[nH]c1=O. The van der Waals surface area contributed by atoms with Gasteiger partial charge in [0.05, 0.1) is 11.1 Å². The number of nitrogens with one attached hydrogen (secondary N) is 1. The van der Waals surface area contributed by atoms with E-state index in [1.807, 2.05) is 0 Å². The predicted octanol–water partition coefficient (Wildman–Crippen LogP) is 2.09. The van der Waals surface area contributed by atoms with E-state index in [0.717, 1.165) is 4.57 Å². The van der Waals surface area contributed by atoms with E-state index < -0.39 is 54.3 Å². The molecule has 1 aromatic heterocycles. The Morgan fingerprint density at radius 1 is 0.971 bits per heavy atom. The number of rotatable bonds is 7. The highest BCUT2D eigenvalue weighted by Gasteiger charge is 2.51. The maximum atomic E-state index is 13.8. The first kappa shape index (κ1) is 24.0. The smallest absolute Gasteiger partial charge is 0.338 e. The minimum absolute atomic E-state index is 0.155. The normalized spacial score (nSPS) is 21.4. The van der Waals surface area contributed by atoms with Crippen LogP contribution >= 0.6 is 0 Å². The Kier molecular flexibility index (Phi) is 7.18. The van der Waals surface area contributed by atoms with Crippen LogP contribution in [0.3, 0.4) is 0 Å². The van der Waals surface area contributed by atoms with Gasteiger partial charge in [0.2, 0.25) is 0 Å². The summed E-state index contributed by atoms with van der Waals surface area (Å²) in [6.07, 6.45) is -4.46. The van der Waals surface area contributed by atoms with Gasteiger partial charge in [-0.2, -0.15) is 4.94 Å². The summed E-state index contributed by atoms with van der Waals surface area (Å²) in [6.45, 7) is 1.01. The average Bonchev–Trinajstić information content (AvgIpc) is 3.22. The van der Waals surface area contributed by atoms with Crippen molar-refractivity contribution in [3.05, 3.63) is 104 Å². The van der Waals surface area contributed by atoms with Crippen LogP contribution in [-0.4, -0.2) is 46.4 Å². The molecule has 1 aliphatic heterocycles. The Hall–Kier alpha value is -4.09. The minimum Gasteiger partial charge on any atom is -0.459 e. The zero-order valence-electron chi connectivity index (χ0n) is 18.5. The van der Waals surface area contributed by atoms with E-state index in [0.29, 0.717) is 0 Å². The Morgan fingerprint density at radius 2 is 1.57 bits per heavy atom. The van der Waals surface area contributed by atoms with Crippen molar-refractivity contribution in [2.45, 2.75) is 31.5 Å². The van der Waals surface area contributed by atoms with Crippen molar-refractivity contribution >= 4 is 11.9 Å². The van der Waals surface area contributed by atoms with E-state index >= 15 is 0 Å². The molecule has 3 aromatic rings. The highest BCUT2D eigenvalue weighted by atomic mass is 19.3. The highest BCUT2D eigenvalue weighted by molar-refractivity contribution is 5.90. The fourth-order valence-electron chi connectivity index (χ4n) is 3.66. The average molecular weight is 484 g/mol. The second-order valence-corrected chi connectivity index (χ2v) is 7.80. The summed E-state index contributed by atoms with van der Waals surface area (Å²) < 4.78 is 31.3. The number of ether oxygens (including phenoxy) is 3. The third-order valence-electron chi connectivity index (χ3n) is 5.45. The van der Waals surface area contributed by atoms with Crippen LogP contribution in [0, 0.1) is 6.92 Å². The summed E-state index contributed by atoms with van der Waals surface area (Å²) in [5.41, 5.74) is -0.899. The number of halogens is 1. The molecule has 1 fully saturated rings. The monoisotopic (exact) mass is 484 g/mol. The lowest BCUT2D eigenvalue weighted by Crippen LogP contribution is -2.41. The van der Waals surface area contributed by atoms with Crippen LogP contribution in [0.4, 0.5) is 4.53 Å². The molecule has 35 heavy (non-hydrogen) atoms. The first-order chi connectivity index (χ1) is 16.9. The van der Waals surface area contributed by atoms with E-state index in [2.05, 4.69) is 9.93 Å². The maximum Gasteiger partial charge on any atom is 0.338 e. The molecule has 0 unspecified atom stereocenters. The van der Waals surface area contributed by atoms with Crippen LogP contribution < -0.4 is 11.2 Å². The molecule has 0 amide bonds. The van der Waals surface area contributed by atoms with Gasteiger partial charge in [0.1, 0.15) is 12.7 Å². The molecule has 4 rings (SSSR count). The lowest BCUT2D eigenvalue weighted by Gasteiger charge is -2.21. The van der Waals surface area contributed by atoms with E-state index in [1.165, 1.54) is 25.3 Å². The first-order valence-electron chi connectivity index (χ1n) is 10.6. The maximum absolute atomic E-state index is 13.8. The first-order valence-corrected chi connectivity index (χ1v) is 10.6. The summed E-state index contributed by atoms with van der Waals surface area (Å²) in [5.74, 6) is -1.48. The summed E-state index contributed by atoms with van der Waals surface area (Å²) in [6, 6.07) is 16.1. The van der Waals surface area contributed by atoms with Crippen LogP contribution in [0.2, 0.25) is 0 Å². The van der Waals surface area contributed by atoms with Gasteiger partial charge in [-0.15, -0.1) is 0 Å². The molecule has 2 heterocycles. The molecule has 2 aromatic carbocycles. The second kappa shape index (κ2) is 10.5. The molecule has 1 N–H and O–H groups in total. The minimum atomic E-state index is -1.61. The van der Waals surface area contributed by atoms with Gasteiger partial charge in [0.25, 0.3) is 5.56 Å². The zero-order valence-corrected chi connectivity index (χ0v) is 18.5. The molecule has 0 bridgehead atoms. The van der Waals surface area contributed by atoms with Gasteiger partial charge >= 0.3 is 17.6 Å². The van der Waals surface area contributed by atoms with E-state index in [9.17, 15) is 23.7 Å². The fourth-order valence-corrected chi connectivity index (χ4v) is 3.66. The van der Waals surface area contributed by atoms with Crippen LogP contribution in [0.15, 0.2) is 76.4 Å². The summed E-state index contributed by atoms with van der Waals surface area (Å²) >= 11 is 0. The molecule has 11 heteroatoms. The molecule has 0 spiro atoms. The molecular weight excluding hydrogens is 463 g/mol. The standard InChI is InChI=1S/C24H21FN2O8/c1-14-12-27(24(31)26-20(14)28)21-19(35-25)18(34-23(30)16-10-6-3-7-11-16)17(33-21)13-32-22(29)15-8-4-2-5-9-15/h2-12,17-19,21H,13H2,1H3,(H,26,28,31)/t17-,18-,19+,21-/m0/s1. The highest BCUT2D eigenvalue weighted by Crippen LogP contribution is 2.34. The topological polar surface area (TPSA) is 126 Å². The van der Waals surface area contributed by atoms with Gasteiger partial charge in [-0.1, -0.05) is 36.4 Å². The third kappa shape index (κ3) is 5.20. The number of H-pyrrole nitrogens is 1. The lowest BCUT2D eigenvalue weighted by molar-refractivity contribution is -0.221. The van der Waals surface area contributed by atoms with Gasteiger partial charge < -0.3 is 14.2 Å². The number of aryl methyl sites for hydroxylation is 1. The second-order valence-electron chi connectivity index (χ2n) is 7.80. The Labute approximate surface area is 197 Å². The third-order valence-corrected chi connectivity index (χ3v) is 5.45. The number of carbonyl (C=O) groups is 2. The number of carbonyl (C=O) groups excluding carboxylic acids is 2. The van der Waals surface area contributed by atoms with Crippen molar-refractivity contribution in [1.82, 2.24) is 9.55 Å². The van der Waals surface area contributed by atoms with Gasteiger partial charge in [-0.05, 0) is 35.7 Å². The van der Waals surface area contributed by atoms with Crippen molar-refractivity contribution in [1.29, 1.82) is 0 Å². The molecule has 10 nitrogen and oxygen atoms in total. The Bertz CT molecular complexity index is 1310. The predicted molar refractivity (Wildman–Crippen MR) is 118 cm³/mol. The summed E-state index contributed by atoms with van der Waals surface area (Å²) in [5, 5.41) is 0. The largest absolute Gasteiger partial charge is 0.459 e. The zero-order chi connectivity index (χ0) is 24.9. The Morgan fingerprint density at radius 3 is 2.17 bits per heavy atom. The van der Waals surface area contributed by atoms with E-state index in [4.69, 9.17) is 14.2 Å². The molecule has 0 radical (unpaired) electrons. The van der Waals surface area contributed by atoms with Crippen molar-refractivity contribution in [3.8, 4) is 0 Å². The number of hydrogen-bond donors (Lipinski definition) is 1. The van der Waals surface area contributed by atoms with Crippen molar-refractivity contribution in [2.75, 3.05) is 6.61 Å². The van der Waals surface area contributed by atoms with Crippen LogP contribution in [0.1, 0.15) is 32.5 Å². The van der Waals surface area contributed by atoms with E-state index in [1.54, 1.807) is 48.5 Å². The van der Waals surface area contributed by atoms with Gasteiger partial charge in [-0.3, -0.25) is 14.3 Å². The molecule has 1 aliphatic rings. The van der Waals surface area contributed by atoms with Crippen molar-refractivity contribution in [2.24, 2.45) is 0 Å². The lowest BCUT2D eigenvalue weighted by atomic mass is 10.1. The number of hydrogen-bond acceptors (Lipinski definition) is 8.